The molecule has 0 aliphatic heterocycles. The van der Waals surface area contributed by atoms with Gasteiger partial charge in [0.05, 0.1) is 12.5 Å². The number of benzene rings is 2. The molecule has 1 aromatic heterocycles. The third-order valence-electron chi connectivity index (χ3n) is 5.26. The molecule has 0 bridgehead atoms. The largest absolute Gasteiger partial charge is 0.481 e. The van der Waals surface area contributed by atoms with Gasteiger partial charge in [0.25, 0.3) is 0 Å². The Balaban J connectivity index is 1.87. The molecule has 0 radical (unpaired) electrons. The molecule has 4 rings (SSSR count). The molecule has 2 aromatic carbocycles. The smallest absolute Gasteiger partial charge is 0.306 e. The predicted octanol–water partition coefficient (Wildman–Crippen LogP) is 4.33. The molecular weight excluding hydrogens is 317 g/mol. The van der Waals surface area contributed by atoms with Gasteiger partial charge in [0.15, 0.2) is 0 Å². The summed E-state index contributed by atoms with van der Waals surface area (Å²) >= 11 is 0. The second-order valence-electron chi connectivity index (χ2n) is 6.90. The van der Waals surface area contributed by atoms with E-state index < -0.39 is 5.97 Å². The Labute approximate surface area is 145 Å². The van der Waals surface area contributed by atoms with Gasteiger partial charge in [-0.15, -0.1) is 0 Å². The van der Waals surface area contributed by atoms with Crippen molar-refractivity contribution in [1.82, 2.24) is 4.57 Å². The van der Waals surface area contributed by atoms with E-state index in [-0.39, 0.29) is 11.7 Å². The van der Waals surface area contributed by atoms with E-state index in [9.17, 15) is 14.3 Å². The Bertz CT molecular complexity index is 973. The van der Waals surface area contributed by atoms with Gasteiger partial charge >= 0.3 is 5.97 Å². The second kappa shape index (κ2) is 6.03. The molecule has 3 aromatic rings. The molecule has 0 spiro atoms. The number of aryl methyl sites for hydroxylation is 1. The molecule has 1 aliphatic rings. The molecule has 128 valence electrons. The summed E-state index contributed by atoms with van der Waals surface area (Å²) in [5, 5.41) is 10.5. The topological polar surface area (TPSA) is 42.2 Å². The maximum Gasteiger partial charge on any atom is 0.306 e. The van der Waals surface area contributed by atoms with Crippen LogP contribution in [0.4, 0.5) is 4.39 Å². The molecule has 3 nitrogen and oxygen atoms in total. The number of hydrogen-bond donors (Lipinski definition) is 1. The van der Waals surface area contributed by atoms with Crippen LogP contribution in [-0.4, -0.2) is 15.6 Å². The molecule has 0 fully saturated rings. The van der Waals surface area contributed by atoms with Gasteiger partial charge in [-0.3, -0.25) is 4.79 Å². The van der Waals surface area contributed by atoms with E-state index in [2.05, 4.69) is 22.8 Å². The van der Waals surface area contributed by atoms with E-state index in [4.69, 9.17) is 0 Å². The Morgan fingerprint density at radius 2 is 2.08 bits per heavy atom. The van der Waals surface area contributed by atoms with Crippen LogP contribution in [0.15, 0.2) is 42.5 Å². The number of halogens is 1. The monoisotopic (exact) mass is 337 g/mol. The molecule has 0 saturated carbocycles. The van der Waals surface area contributed by atoms with E-state index in [0.717, 1.165) is 27.7 Å². The second-order valence-corrected chi connectivity index (χ2v) is 6.90. The molecule has 25 heavy (non-hydrogen) atoms. The van der Waals surface area contributed by atoms with Crippen molar-refractivity contribution in [1.29, 1.82) is 0 Å². The van der Waals surface area contributed by atoms with Crippen molar-refractivity contribution in [2.24, 2.45) is 5.92 Å². The number of hydrogen-bond acceptors (Lipinski definition) is 1. The molecule has 1 N–H and O–H groups in total. The number of carboxylic acid groups (broad SMARTS) is 1. The number of carboxylic acids is 1. The average molecular weight is 337 g/mol. The van der Waals surface area contributed by atoms with Crippen LogP contribution in [0, 0.1) is 18.7 Å². The fourth-order valence-corrected chi connectivity index (χ4v) is 3.95. The van der Waals surface area contributed by atoms with Gasteiger partial charge in [-0.1, -0.05) is 29.8 Å². The Hall–Kier alpha value is -2.62. The lowest BCUT2D eigenvalue weighted by atomic mass is 9.86. The zero-order chi connectivity index (χ0) is 17.6. The van der Waals surface area contributed by atoms with Gasteiger partial charge in [0.1, 0.15) is 5.82 Å². The summed E-state index contributed by atoms with van der Waals surface area (Å²) in [6.45, 7) is 2.51. The summed E-state index contributed by atoms with van der Waals surface area (Å²) in [4.78, 5) is 11.5. The predicted molar refractivity (Wildman–Crippen MR) is 95.3 cm³/mol. The normalized spacial score (nSPS) is 16.8. The molecular formula is C21H20FNO2. The van der Waals surface area contributed by atoms with E-state index in [0.29, 0.717) is 31.4 Å². The first kappa shape index (κ1) is 15.9. The summed E-state index contributed by atoms with van der Waals surface area (Å²) in [6.07, 6.45) is 1.90. The first-order valence-corrected chi connectivity index (χ1v) is 8.61. The molecule has 1 unspecified atom stereocenters. The summed E-state index contributed by atoms with van der Waals surface area (Å²) in [6, 6.07) is 13.1. The molecule has 0 saturated heterocycles. The van der Waals surface area contributed by atoms with Crippen LogP contribution >= 0.6 is 0 Å². The highest BCUT2D eigenvalue weighted by Crippen LogP contribution is 2.35. The lowest BCUT2D eigenvalue weighted by Gasteiger charge is -2.21. The van der Waals surface area contributed by atoms with E-state index in [1.807, 2.05) is 19.1 Å². The molecule has 1 heterocycles. The van der Waals surface area contributed by atoms with Crippen LogP contribution in [0.5, 0.6) is 0 Å². The minimum atomic E-state index is -0.728. The van der Waals surface area contributed by atoms with E-state index >= 15 is 0 Å². The van der Waals surface area contributed by atoms with Gasteiger partial charge in [-0.25, -0.2) is 4.39 Å². The van der Waals surface area contributed by atoms with Crippen LogP contribution in [-0.2, 0) is 24.2 Å². The first-order valence-electron chi connectivity index (χ1n) is 8.61. The zero-order valence-electron chi connectivity index (χ0n) is 14.1. The molecule has 4 heteroatoms. The fourth-order valence-electron chi connectivity index (χ4n) is 3.95. The van der Waals surface area contributed by atoms with Crippen molar-refractivity contribution in [3.05, 3.63) is 70.7 Å². The maximum atomic E-state index is 14.2. The fraction of sp³-hybridized carbons (Fsp3) is 0.286. The van der Waals surface area contributed by atoms with Crippen molar-refractivity contribution < 1.29 is 14.3 Å². The van der Waals surface area contributed by atoms with Crippen molar-refractivity contribution in [2.45, 2.75) is 32.7 Å². The standard InChI is InChI=1S/C21H20FNO2/c1-13-6-8-19-16(10-13)17-11-14(21(24)25)7-9-20(17)23(19)12-15-4-2-3-5-18(15)22/h2-6,8,10,14H,7,9,11-12H2,1H3,(H,24,25). The van der Waals surface area contributed by atoms with Crippen molar-refractivity contribution in [3.63, 3.8) is 0 Å². The Kier molecular flexibility index (Phi) is 3.83. The highest BCUT2D eigenvalue weighted by atomic mass is 19.1. The number of aliphatic carboxylic acids is 1. The van der Waals surface area contributed by atoms with Crippen LogP contribution in [0.1, 0.15) is 28.8 Å². The van der Waals surface area contributed by atoms with Crippen LogP contribution < -0.4 is 0 Å². The minimum absolute atomic E-state index is 0.204. The van der Waals surface area contributed by atoms with Crippen LogP contribution in [0.2, 0.25) is 0 Å². The number of aromatic nitrogens is 1. The third-order valence-corrected chi connectivity index (χ3v) is 5.26. The molecule has 1 atom stereocenters. The van der Waals surface area contributed by atoms with Gasteiger partial charge in [0.2, 0.25) is 0 Å². The average Bonchev–Trinajstić information content (AvgIpc) is 2.89. The third kappa shape index (κ3) is 2.72. The minimum Gasteiger partial charge on any atom is -0.481 e. The van der Waals surface area contributed by atoms with Crippen molar-refractivity contribution in [3.8, 4) is 0 Å². The van der Waals surface area contributed by atoms with Gasteiger partial charge in [-0.2, -0.15) is 0 Å². The highest BCUT2D eigenvalue weighted by Gasteiger charge is 2.29. The lowest BCUT2D eigenvalue weighted by molar-refractivity contribution is -0.142. The lowest BCUT2D eigenvalue weighted by Crippen LogP contribution is -2.23. The number of rotatable bonds is 3. The van der Waals surface area contributed by atoms with Crippen molar-refractivity contribution >= 4 is 16.9 Å². The number of carbonyl (C=O) groups is 1. The van der Waals surface area contributed by atoms with Crippen LogP contribution in [0.3, 0.4) is 0 Å². The maximum absolute atomic E-state index is 14.2. The Morgan fingerprint density at radius 3 is 2.84 bits per heavy atom. The zero-order valence-corrected chi connectivity index (χ0v) is 14.1. The number of nitrogens with zero attached hydrogens (tertiary/aromatic N) is 1. The highest BCUT2D eigenvalue weighted by molar-refractivity contribution is 5.87. The Morgan fingerprint density at radius 1 is 1.28 bits per heavy atom. The summed E-state index contributed by atoms with van der Waals surface area (Å²) in [5.74, 6) is -1.27. The van der Waals surface area contributed by atoms with Crippen molar-refractivity contribution in [2.75, 3.05) is 0 Å². The van der Waals surface area contributed by atoms with E-state index in [1.165, 1.54) is 6.07 Å². The first-order chi connectivity index (χ1) is 12.0. The summed E-state index contributed by atoms with van der Waals surface area (Å²) in [5.41, 5.74) is 5.14. The van der Waals surface area contributed by atoms with Gasteiger partial charge in [-0.05, 0) is 49.9 Å². The van der Waals surface area contributed by atoms with Gasteiger partial charge in [0, 0.05) is 22.2 Å². The van der Waals surface area contributed by atoms with E-state index in [1.54, 1.807) is 6.07 Å². The molecule has 1 aliphatic carbocycles. The number of fused-ring (bicyclic) bond motifs is 3. The molecule has 0 amide bonds. The summed E-state index contributed by atoms with van der Waals surface area (Å²) in [7, 11) is 0. The summed E-state index contributed by atoms with van der Waals surface area (Å²) < 4.78 is 16.3. The quantitative estimate of drug-likeness (QED) is 0.773. The van der Waals surface area contributed by atoms with Gasteiger partial charge < -0.3 is 9.67 Å². The van der Waals surface area contributed by atoms with Crippen LogP contribution in [0.25, 0.3) is 10.9 Å². The SMILES string of the molecule is Cc1ccc2c(c1)c1c(n2Cc2ccccc2F)CCC(C(=O)O)C1.